The molecule has 2 N–H and O–H groups in total. The molecule has 2 aromatic carbocycles. The lowest BCUT2D eigenvalue weighted by molar-refractivity contribution is 0.0993. The fraction of sp³-hybridized carbons (Fsp3) is 0.182. The molecule has 4 nitrogen and oxygen atoms in total. The average Bonchev–Trinajstić information content (AvgIpc) is 3.50. The summed E-state index contributed by atoms with van der Waals surface area (Å²) >= 11 is 5.95. The predicted molar refractivity (Wildman–Crippen MR) is 107 cm³/mol. The number of aromatic nitrogens is 1. The number of hydrogen-bond donors (Lipinski definition) is 1. The van der Waals surface area contributed by atoms with Crippen molar-refractivity contribution in [3.05, 3.63) is 82.5 Å². The molecule has 0 atom stereocenters. The lowest BCUT2D eigenvalue weighted by Crippen LogP contribution is -2.04. The topological polar surface area (TPSA) is 65.2 Å². The highest BCUT2D eigenvalue weighted by atomic mass is 35.5. The van der Waals surface area contributed by atoms with E-state index in [1.54, 1.807) is 6.07 Å². The molecule has 136 valence electrons. The van der Waals surface area contributed by atoms with Crippen LogP contribution in [0.15, 0.2) is 60.8 Å². The summed E-state index contributed by atoms with van der Waals surface area (Å²) in [7, 11) is 0. The lowest BCUT2D eigenvalue weighted by atomic mass is 10.00. The largest absolute Gasteiger partial charge is 0.453 e. The molecule has 5 heteroatoms. The Morgan fingerprint density at radius 1 is 1.15 bits per heavy atom. The van der Waals surface area contributed by atoms with Gasteiger partial charge in [-0.1, -0.05) is 41.9 Å². The Morgan fingerprint density at radius 3 is 2.78 bits per heavy atom. The van der Waals surface area contributed by atoms with Crippen molar-refractivity contribution in [3.63, 3.8) is 0 Å². The molecule has 1 saturated carbocycles. The number of Topliss-reactive ketones (excluding diaryl/α,β-unsaturated/α-hetero) is 1. The molecular formula is C22H19ClN2O2. The third-order valence-electron chi connectivity index (χ3n) is 4.60. The van der Waals surface area contributed by atoms with Crippen molar-refractivity contribution in [2.45, 2.75) is 25.2 Å². The van der Waals surface area contributed by atoms with Crippen molar-refractivity contribution < 1.29 is 9.53 Å². The van der Waals surface area contributed by atoms with Gasteiger partial charge in [-0.15, -0.1) is 0 Å². The third-order valence-corrected chi connectivity index (χ3v) is 4.80. The van der Waals surface area contributed by atoms with Crippen LogP contribution in [0.3, 0.4) is 0 Å². The molecular weight excluding hydrogens is 360 g/mol. The minimum absolute atomic E-state index is 0.0959. The first-order valence-electron chi connectivity index (χ1n) is 8.89. The molecule has 0 radical (unpaired) electrons. The van der Waals surface area contributed by atoms with E-state index in [0.29, 0.717) is 28.9 Å². The normalized spacial score (nSPS) is 13.4. The minimum atomic E-state index is 0.0959. The zero-order valence-corrected chi connectivity index (χ0v) is 15.4. The lowest BCUT2D eigenvalue weighted by Gasteiger charge is -2.10. The zero-order chi connectivity index (χ0) is 18.8. The van der Waals surface area contributed by atoms with Crippen molar-refractivity contribution in [1.29, 1.82) is 0 Å². The van der Waals surface area contributed by atoms with Gasteiger partial charge in [-0.3, -0.25) is 4.79 Å². The molecule has 0 bridgehead atoms. The van der Waals surface area contributed by atoms with E-state index >= 15 is 0 Å². The molecule has 1 aliphatic rings. The first kappa shape index (κ1) is 17.6. The number of halogens is 1. The van der Waals surface area contributed by atoms with E-state index in [4.69, 9.17) is 22.1 Å². The number of nitrogens with two attached hydrogens (primary N) is 1. The molecule has 1 heterocycles. The smallest absolute Gasteiger partial charge is 0.170 e. The summed E-state index contributed by atoms with van der Waals surface area (Å²) in [6, 6.07) is 17.0. The van der Waals surface area contributed by atoms with Gasteiger partial charge in [0, 0.05) is 24.2 Å². The number of nitrogens with zero attached hydrogens (tertiary/aromatic N) is 1. The second-order valence-corrected chi connectivity index (χ2v) is 7.22. The van der Waals surface area contributed by atoms with E-state index in [0.717, 1.165) is 11.1 Å². The van der Waals surface area contributed by atoms with E-state index < -0.39 is 0 Å². The van der Waals surface area contributed by atoms with Crippen molar-refractivity contribution in [3.8, 4) is 11.5 Å². The number of benzene rings is 2. The Bertz CT molecular complexity index is 999. The molecule has 0 aliphatic heterocycles. The number of rotatable bonds is 6. The Hall–Kier alpha value is -2.85. The number of carbonyl (C=O) groups excluding carboxylic acids is 1. The summed E-state index contributed by atoms with van der Waals surface area (Å²) in [5, 5.41) is 0.445. The molecule has 4 rings (SSSR count). The Balaban J connectivity index is 1.50. The van der Waals surface area contributed by atoms with E-state index in [2.05, 4.69) is 11.1 Å². The third kappa shape index (κ3) is 4.29. The van der Waals surface area contributed by atoms with Gasteiger partial charge >= 0.3 is 0 Å². The highest BCUT2D eigenvalue weighted by Gasteiger charge is 2.24. The molecule has 27 heavy (non-hydrogen) atoms. The fourth-order valence-corrected chi connectivity index (χ4v) is 3.18. The molecule has 1 fully saturated rings. The number of carbonyl (C=O) groups is 1. The summed E-state index contributed by atoms with van der Waals surface area (Å²) in [5.41, 5.74) is 8.73. The van der Waals surface area contributed by atoms with Gasteiger partial charge in [0.1, 0.15) is 5.75 Å². The second kappa shape index (κ2) is 7.41. The predicted octanol–water partition coefficient (Wildman–Crippen LogP) is 5.41. The number of nitrogen functional groups attached to an aromatic ring is 1. The first-order chi connectivity index (χ1) is 13.1. The minimum Gasteiger partial charge on any atom is -0.453 e. The molecule has 0 saturated heterocycles. The van der Waals surface area contributed by atoms with Crippen LogP contribution in [0.4, 0.5) is 5.82 Å². The van der Waals surface area contributed by atoms with Crippen LogP contribution < -0.4 is 10.5 Å². The molecule has 1 aromatic heterocycles. The fourth-order valence-electron chi connectivity index (χ4n) is 3.03. The molecule has 0 spiro atoms. The first-order valence-corrected chi connectivity index (χ1v) is 9.27. The maximum absolute atomic E-state index is 12.7. The SMILES string of the molecule is Nc1ncc(Cl)cc1Oc1cccc(CC(=O)c2cccc(C3CC3)c2)c1. The van der Waals surface area contributed by atoms with Crippen molar-refractivity contribution in [1.82, 2.24) is 4.98 Å². The van der Waals surface area contributed by atoms with Gasteiger partial charge in [-0.05, 0) is 48.1 Å². The molecule has 0 amide bonds. The van der Waals surface area contributed by atoms with Crippen LogP contribution >= 0.6 is 11.6 Å². The van der Waals surface area contributed by atoms with Crippen molar-refractivity contribution >= 4 is 23.2 Å². The van der Waals surface area contributed by atoms with Crippen LogP contribution in [0.25, 0.3) is 0 Å². The van der Waals surface area contributed by atoms with E-state index in [1.807, 2.05) is 42.5 Å². The average molecular weight is 379 g/mol. The van der Waals surface area contributed by atoms with E-state index in [9.17, 15) is 4.79 Å². The Morgan fingerprint density at radius 2 is 1.96 bits per heavy atom. The van der Waals surface area contributed by atoms with Crippen LogP contribution in [0, 0.1) is 0 Å². The summed E-state index contributed by atoms with van der Waals surface area (Å²) in [5.74, 6) is 1.97. The Labute approximate surface area is 163 Å². The van der Waals surface area contributed by atoms with Crippen LogP contribution in [0.1, 0.15) is 40.2 Å². The summed E-state index contributed by atoms with van der Waals surface area (Å²) in [6.45, 7) is 0. The van der Waals surface area contributed by atoms with Crippen molar-refractivity contribution in [2.24, 2.45) is 0 Å². The van der Waals surface area contributed by atoms with Crippen LogP contribution in [-0.4, -0.2) is 10.8 Å². The Kier molecular flexibility index (Phi) is 4.82. The molecule has 1 aliphatic carbocycles. The quantitative estimate of drug-likeness (QED) is 0.582. The highest BCUT2D eigenvalue weighted by molar-refractivity contribution is 6.30. The van der Waals surface area contributed by atoms with Gasteiger partial charge in [0.15, 0.2) is 17.4 Å². The summed E-state index contributed by atoms with van der Waals surface area (Å²) in [6.07, 6.45) is 4.22. The van der Waals surface area contributed by atoms with Gasteiger partial charge in [-0.2, -0.15) is 0 Å². The van der Waals surface area contributed by atoms with Gasteiger partial charge in [-0.25, -0.2) is 4.98 Å². The molecule has 3 aromatic rings. The van der Waals surface area contributed by atoms with E-state index in [1.165, 1.54) is 24.6 Å². The van der Waals surface area contributed by atoms with Crippen molar-refractivity contribution in [2.75, 3.05) is 5.73 Å². The monoisotopic (exact) mass is 378 g/mol. The van der Waals surface area contributed by atoms with Gasteiger partial charge in [0.05, 0.1) is 5.02 Å². The maximum Gasteiger partial charge on any atom is 0.170 e. The van der Waals surface area contributed by atoms with Gasteiger partial charge < -0.3 is 10.5 Å². The summed E-state index contributed by atoms with van der Waals surface area (Å²) < 4.78 is 5.79. The van der Waals surface area contributed by atoms with Crippen LogP contribution in [0.5, 0.6) is 11.5 Å². The number of pyridine rings is 1. The number of anilines is 1. The van der Waals surface area contributed by atoms with Crippen LogP contribution in [-0.2, 0) is 6.42 Å². The van der Waals surface area contributed by atoms with Gasteiger partial charge in [0.25, 0.3) is 0 Å². The van der Waals surface area contributed by atoms with E-state index in [-0.39, 0.29) is 11.6 Å². The van der Waals surface area contributed by atoms with Crippen LogP contribution in [0.2, 0.25) is 5.02 Å². The zero-order valence-electron chi connectivity index (χ0n) is 14.7. The highest BCUT2D eigenvalue weighted by Crippen LogP contribution is 2.40. The molecule has 0 unspecified atom stereocenters. The number of hydrogen-bond acceptors (Lipinski definition) is 4. The maximum atomic E-state index is 12.7. The summed E-state index contributed by atoms with van der Waals surface area (Å²) in [4.78, 5) is 16.7. The standard InChI is InChI=1S/C22H19ClN2O2/c23-18-12-21(22(24)25-13-18)27-19-6-1-3-14(9-19)10-20(26)17-5-2-4-16(11-17)15-7-8-15/h1-6,9,11-13,15H,7-8,10H2,(H2,24,25). The number of ether oxygens (including phenoxy) is 1. The second-order valence-electron chi connectivity index (χ2n) is 6.79. The number of ketones is 1. The van der Waals surface area contributed by atoms with Gasteiger partial charge in [0.2, 0.25) is 0 Å².